The molecule has 56 valence electrons. The molecule has 0 saturated carbocycles. The summed E-state index contributed by atoms with van der Waals surface area (Å²) in [5, 5.41) is 18.0. The molecule has 10 heavy (non-hydrogen) atoms. The van der Waals surface area contributed by atoms with E-state index in [0.29, 0.717) is 6.42 Å². The summed E-state index contributed by atoms with van der Waals surface area (Å²) < 4.78 is 0. The molecule has 0 heterocycles. The standard InChI is InChI=1S/C8H12O2/c1-8(10)4-2-7(6-9)3-5-8/h2-4,9-10H,5-6H2,1H3. The lowest BCUT2D eigenvalue weighted by molar-refractivity contribution is 0.113. The van der Waals surface area contributed by atoms with Crippen molar-refractivity contribution in [3.05, 3.63) is 23.8 Å². The highest BCUT2D eigenvalue weighted by atomic mass is 16.3. The minimum absolute atomic E-state index is 0.0621. The van der Waals surface area contributed by atoms with Gasteiger partial charge in [-0.25, -0.2) is 0 Å². The first-order chi connectivity index (χ1) is 4.64. The third-order valence-electron chi connectivity index (χ3n) is 1.62. The number of aliphatic hydroxyl groups is 2. The highest BCUT2D eigenvalue weighted by Crippen LogP contribution is 2.19. The Labute approximate surface area is 60.5 Å². The molecule has 1 unspecified atom stereocenters. The van der Waals surface area contributed by atoms with E-state index < -0.39 is 5.60 Å². The van der Waals surface area contributed by atoms with Crippen LogP contribution in [0.5, 0.6) is 0 Å². The van der Waals surface area contributed by atoms with Crippen LogP contribution in [0.15, 0.2) is 23.8 Å². The van der Waals surface area contributed by atoms with Gasteiger partial charge < -0.3 is 10.2 Å². The number of rotatable bonds is 1. The van der Waals surface area contributed by atoms with Crippen LogP contribution < -0.4 is 0 Å². The van der Waals surface area contributed by atoms with Crippen molar-refractivity contribution in [2.24, 2.45) is 0 Å². The van der Waals surface area contributed by atoms with Crippen LogP contribution in [0.3, 0.4) is 0 Å². The van der Waals surface area contributed by atoms with Gasteiger partial charge in [0.2, 0.25) is 0 Å². The van der Waals surface area contributed by atoms with E-state index in [9.17, 15) is 5.11 Å². The molecular weight excluding hydrogens is 128 g/mol. The van der Waals surface area contributed by atoms with Gasteiger partial charge in [0, 0.05) is 0 Å². The molecule has 0 aliphatic heterocycles. The third kappa shape index (κ3) is 1.69. The first-order valence-corrected chi connectivity index (χ1v) is 3.35. The van der Waals surface area contributed by atoms with Gasteiger partial charge in [0.1, 0.15) is 0 Å². The van der Waals surface area contributed by atoms with Gasteiger partial charge in [-0.05, 0) is 18.9 Å². The first-order valence-electron chi connectivity index (χ1n) is 3.35. The molecular formula is C8H12O2. The van der Waals surface area contributed by atoms with E-state index in [1.807, 2.05) is 6.08 Å². The van der Waals surface area contributed by atoms with E-state index in [2.05, 4.69) is 0 Å². The lowest BCUT2D eigenvalue weighted by Crippen LogP contribution is -2.21. The van der Waals surface area contributed by atoms with E-state index >= 15 is 0 Å². The molecule has 2 nitrogen and oxygen atoms in total. The molecule has 2 N–H and O–H groups in total. The Morgan fingerprint density at radius 1 is 1.70 bits per heavy atom. The highest BCUT2D eigenvalue weighted by molar-refractivity contribution is 5.27. The molecule has 1 aliphatic carbocycles. The van der Waals surface area contributed by atoms with Gasteiger partial charge in [-0.2, -0.15) is 0 Å². The summed E-state index contributed by atoms with van der Waals surface area (Å²) in [6.07, 6.45) is 5.90. The Morgan fingerprint density at radius 2 is 2.40 bits per heavy atom. The molecule has 0 amide bonds. The third-order valence-corrected chi connectivity index (χ3v) is 1.62. The van der Waals surface area contributed by atoms with Crippen molar-refractivity contribution >= 4 is 0 Å². The van der Waals surface area contributed by atoms with E-state index in [0.717, 1.165) is 5.57 Å². The lowest BCUT2D eigenvalue weighted by atomic mass is 9.94. The Bertz CT molecular complexity index is 178. The van der Waals surface area contributed by atoms with Crippen LogP contribution in [-0.2, 0) is 0 Å². The van der Waals surface area contributed by atoms with Gasteiger partial charge >= 0.3 is 0 Å². The molecule has 0 fully saturated rings. The molecule has 1 atom stereocenters. The molecule has 1 aliphatic rings. The van der Waals surface area contributed by atoms with E-state index in [-0.39, 0.29) is 6.61 Å². The molecule has 2 heteroatoms. The van der Waals surface area contributed by atoms with Crippen molar-refractivity contribution in [1.29, 1.82) is 0 Å². The van der Waals surface area contributed by atoms with Crippen LogP contribution in [0, 0.1) is 0 Å². The molecule has 0 bridgehead atoms. The smallest absolute Gasteiger partial charge is 0.0837 e. The number of hydrogen-bond donors (Lipinski definition) is 2. The summed E-state index contributed by atoms with van der Waals surface area (Å²) >= 11 is 0. The van der Waals surface area contributed by atoms with Crippen LogP contribution >= 0.6 is 0 Å². The van der Waals surface area contributed by atoms with E-state index in [1.165, 1.54) is 0 Å². The predicted molar refractivity (Wildman–Crippen MR) is 39.5 cm³/mol. The Morgan fingerprint density at radius 3 is 2.80 bits per heavy atom. The topological polar surface area (TPSA) is 40.5 Å². The van der Waals surface area contributed by atoms with Crippen molar-refractivity contribution in [3.8, 4) is 0 Å². The summed E-state index contributed by atoms with van der Waals surface area (Å²) in [4.78, 5) is 0. The van der Waals surface area contributed by atoms with E-state index in [1.54, 1.807) is 19.1 Å². The molecule has 0 saturated heterocycles. The second kappa shape index (κ2) is 2.56. The highest BCUT2D eigenvalue weighted by Gasteiger charge is 2.17. The predicted octanol–water partition coefficient (Wildman–Crippen LogP) is 0.616. The molecule has 0 aromatic carbocycles. The van der Waals surface area contributed by atoms with Crippen LogP contribution in [0.1, 0.15) is 13.3 Å². The Hall–Kier alpha value is -0.600. The monoisotopic (exact) mass is 140 g/mol. The second-order valence-electron chi connectivity index (χ2n) is 2.83. The van der Waals surface area contributed by atoms with Crippen molar-refractivity contribution < 1.29 is 10.2 Å². The van der Waals surface area contributed by atoms with Gasteiger partial charge in [-0.1, -0.05) is 18.2 Å². The van der Waals surface area contributed by atoms with Crippen LogP contribution in [0.25, 0.3) is 0 Å². The largest absolute Gasteiger partial charge is 0.392 e. The van der Waals surface area contributed by atoms with Crippen LogP contribution in [0.4, 0.5) is 0 Å². The molecule has 0 aromatic rings. The Kier molecular flexibility index (Phi) is 1.92. The van der Waals surface area contributed by atoms with Crippen molar-refractivity contribution in [2.45, 2.75) is 18.9 Å². The Balaban J connectivity index is 2.63. The van der Waals surface area contributed by atoms with E-state index in [4.69, 9.17) is 5.11 Å². The first kappa shape index (κ1) is 7.51. The van der Waals surface area contributed by atoms with Crippen LogP contribution in [-0.4, -0.2) is 22.4 Å². The fourth-order valence-corrected chi connectivity index (χ4v) is 0.878. The second-order valence-corrected chi connectivity index (χ2v) is 2.83. The minimum Gasteiger partial charge on any atom is -0.392 e. The van der Waals surface area contributed by atoms with Crippen molar-refractivity contribution in [1.82, 2.24) is 0 Å². The average Bonchev–Trinajstić information content (AvgIpc) is 1.88. The van der Waals surface area contributed by atoms with Crippen molar-refractivity contribution in [3.63, 3.8) is 0 Å². The normalized spacial score (nSPS) is 32.1. The van der Waals surface area contributed by atoms with Gasteiger partial charge in [-0.3, -0.25) is 0 Å². The zero-order chi connectivity index (χ0) is 7.61. The maximum Gasteiger partial charge on any atom is 0.0837 e. The maximum absolute atomic E-state index is 9.37. The zero-order valence-corrected chi connectivity index (χ0v) is 6.04. The fourth-order valence-electron chi connectivity index (χ4n) is 0.878. The quantitative estimate of drug-likeness (QED) is 0.560. The maximum atomic E-state index is 9.37. The molecule has 0 spiro atoms. The molecule has 0 aromatic heterocycles. The lowest BCUT2D eigenvalue weighted by Gasteiger charge is -2.20. The summed E-state index contributed by atoms with van der Waals surface area (Å²) in [5.74, 6) is 0. The average molecular weight is 140 g/mol. The van der Waals surface area contributed by atoms with Crippen molar-refractivity contribution in [2.75, 3.05) is 6.61 Å². The minimum atomic E-state index is -0.710. The fraction of sp³-hybridized carbons (Fsp3) is 0.500. The molecule has 0 radical (unpaired) electrons. The van der Waals surface area contributed by atoms with Crippen LogP contribution in [0.2, 0.25) is 0 Å². The van der Waals surface area contributed by atoms with Gasteiger partial charge in [0.05, 0.1) is 12.2 Å². The molecule has 1 rings (SSSR count). The summed E-state index contributed by atoms with van der Waals surface area (Å²) in [6, 6.07) is 0. The van der Waals surface area contributed by atoms with Gasteiger partial charge in [0.25, 0.3) is 0 Å². The summed E-state index contributed by atoms with van der Waals surface area (Å²) in [7, 11) is 0. The summed E-state index contributed by atoms with van der Waals surface area (Å²) in [5.41, 5.74) is 0.171. The summed E-state index contributed by atoms with van der Waals surface area (Å²) in [6.45, 7) is 1.81. The number of aliphatic hydroxyl groups excluding tert-OH is 1. The zero-order valence-electron chi connectivity index (χ0n) is 6.04. The number of hydrogen-bond acceptors (Lipinski definition) is 2. The van der Waals surface area contributed by atoms with Gasteiger partial charge in [0.15, 0.2) is 0 Å². The van der Waals surface area contributed by atoms with Gasteiger partial charge in [-0.15, -0.1) is 0 Å². The SMILES string of the molecule is CC1(O)C=CC(CO)=CC1.